The molecule has 1 amide bonds. The fraction of sp³-hybridized carbons (Fsp3) is 0.235. The highest BCUT2D eigenvalue weighted by atomic mass is 32.2. The number of anilines is 1. The van der Waals surface area contributed by atoms with Crippen LogP contribution in [0.15, 0.2) is 64.6 Å². The van der Waals surface area contributed by atoms with Gasteiger partial charge in [-0.3, -0.25) is 4.79 Å². The number of rotatable bonds is 7. The molecule has 24 heavy (non-hydrogen) atoms. The molecule has 7 heteroatoms. The highest BCUT2D eigenvalue weighted by Crippen LogP contribution is 2.19. The number of hydrogen-bond donors (Lipinski definition) is 0. The standard InChI is InChI=1S/C17H18N4O2S/c1-2-21(14-7-4-3-5-8-14)16(22)12-24-17-19-18-13-20(17)11-15-9-6-10-23-15/h3-10,13H,2,11-12H2,1H3. The fourth-order valence-corrected chi connectivity index (χ4v) is 3.14. The molecule has 1 aromatic carbocycles. The van der Waals surface area contributed by atoms with Crippen molar-refractivity contribution in [3.05, 3.63) is 60.8 Å². The lowest BCUT2D eigenvalue weighted by atomic mass is 10.3. The summed E-state index contributed by atoms with van der Waals surface area (Å²) in [4.78, 5) is 14.3. The van der Waals surface area contributed by atoms with Crippen molar-refractivity contribution in [1.29, 1.82) is 0 Å². The van der Waals surface area contributed by atoms with Gasteiger partial charge >= 0.3 is 0 Å². The molecule has 0 aliphatic carbocycles. The van der Waals surface area contributed by atoms with Gasteiger partial charge in [0, 0.05) is 12.2 Å². The number of para-hydroxylation sites is 1. The second-order valence-corrected chi connectivity index (χ2v) is 6.03. The summed E-state index contributed by atoms with van der Waals surface area (Å²) >= 11 is 1.38. The first kappa shape index (κ1) is 16.3. The van der Waals surface area contributed by atoms with Gasteiger partial charge in [-0.25, -0.2) is 0 Å². The second-order valence-electron chi connectivity index (χ2n) is 5.08. The lowest BCUT2D eigenvalue weighted by Crippen LogP contribution is -2.32. The minimum absolute atomic E-state index is 0.0428. The quantitative estimate of drug-likeness (QED) is 0.618. The predicted octanol–water partition coefficient (Wildman–Crippen LogP) is 3.06. The Kier molecular flexibility index (Phi) is 5.32. The lowest BCUT2D eigenvalue weighted by molar-refractivity contribution is -0.116. The predicted molar refractivity (Wildman–Crippen MR) is 93.0 cm³/mol. The molecule has 2 aromatic heterocycles. The molecule has 0 saturated carbocycles. The normalized spacial score (nSPS) is 10.7. The minimum Gasteiger partial charge on any atom is -0.467 e. The average molecular weight is 342 g/mol. The summed E-state index contributed by atoms with van der Waals surface area (Å²) in [5.41, 5.74) is 0.905. The molecule has 0 bridgehead atoms. The molecule has 0 N–H and O–H groups in total. The SMILES string of the molecule is CCN(C(=O)CSc1nncn1Cc1ccco1)c1ccccc1. The largest absolute Gasteiger partial charge is 0.467 e. The van der Waals surface area contributed by atoms with E-state index in [0.29, 0.717) is 24.0 Å². The van der Waals surface area contributed by atoms with E-state index in [2.05, 4.69) is 10.2 Å². The van der Waals surface area contributed by atoms with E-state index < -0.39 is 0 Å². The van der Waals surface area contributed by atoms with Crippen LogP contribution in [0.1, 0.15) is 12.7 Å². The van der Waals surface area contributed by atoms with Crippen molar-refractivity contribution >= 4 is 23.4 Å². The molecular weight excluding hydrogens is 324 g/mol. The van der Waals surface area contributed by atoms with Crippen LogP contribution in [-0.2, 0) is 11.3 Å². The van der Waals surface area contributed by atoms with E-state index in [-0.39, 0.29) is 5.91 Å². The van der Waals surface area contributed by atoms with Crippen LogP contribution in [0.4, 0.5) is 5.69 Å². The van der Waals surface area contributed by atoms with Gasteiger partial charge in [0.1, 0.15) is 12.1 Å². The zero-order chi connectivity index (χ0) is 16.8. The van der Waals surface area contributed by atoms with Crippen LogP contribution in [0.5, 0.6) is 0 Å². The van der Waals surface area contributed by atoms with Gasteiger partial charge in [-0.15, -0.1) is 10.2 Å². The molecule has 3 rings (SSSR count). The number of hydrogen-bond acceptors (Lipinski definition) is 5. The highest BCUT2D eigenvalue weighted by Gasteiger charge is 2.16. The zero-order valence-corrected chi connectivity index (χ0v) is 14.1. The van der Waals surface area contributed by atoms with Crippen molar-refractivity contribution < 1.29 is 9.21 Å². The monoisotopic (exact) mass is 342 g/mol. The summed E-state index contributed by atoms with van der Waals surface area (Å²) in [5.74, 6) is 1.17. The summed E-state index contributed by atoms with van der Waals surface area (Å²) in [6.45, 7) is 3.14. The number of thioether (sulfide) groups is 1. The molecule has 6 nitrogen and oxygen atoms in total. The van der Waals surface area contributed by atoms with Crippen LogP contribution >= 0.6 is 11.8 Å². The van der Waals surface area contributed by atoms with Crippen molar-refractivity contribution in [2.75, 3.05) is 17.2 Å². The number of furan rings is 1. The summed E-state index contributed by atoms with van der Waals surface area (Å²) in [5, 5.41) is 8.72. The summed E-state index contributed by atoms with van der Waals surface area (Å²) < 4.78 is 7.21. The number of amides is 1. The molecule has 124 valence electrons. The van der Waals surface area contributed by atoms with E-state index in [1.54, 1.807) is 17.5 Å². The van der Waals surface area contributed by atoms with Gasteiger partial charge in [0.15, 0.2) is 5.16 Å². The fourth-order valence-electron chi connectivity index (χ4n) is 2.35. The molecule has 0 atom stereocenters. The first-order valence-electron chi connectivity index (χ1n) is 7.66. The van der Waals surface area contributed by atoms with Crippen molar-refractivity contribution in [3.8, 4) is 0 Å². The Labute approximate surface area is 144 Å². The van der Waals surface area contributed by atoms with Gasteiger partial charge in [-0.05, 0) is 31.2 Å². The molecule has 0 radical (unpaired) electrons. The van der Waals surface area contributed by atoms with Gasteiger partial charge in [-0.1, -0.05) is 30.0 Å². The average Bonchev–Trinajstić information content (AvgIpc) is 3.27. The van der Waals surface area contributed by atoms with Crippen LogP contribution < -0.4 is 4.90 Å². The molecule has 0 unspecified atom stereocenters. The Morgan fingerprint density at radius 2 is 2.08 bits per heavy atom. The Morgan fingerprint density at radius 3 is 2.79 bits per heavy atom. The Balaban J connectivity index is 1.63. The maximum atomic E-state index is 12.5. The molecular formula is C17H18N4O2S. The third-order valence-corrected chi connectivity index (χ3v) is 4.46. The Hall–Kier alpha value is -2.54. The van der Waals surface area contributed by atoms with Crippen LogP contribution in [-0.4, -0.2) is 33.0 Å². The summed E-state index contributed by atoms with van der Waals surface area (Å²) in [6.07, 6.45) is 3.28. The smallest absolute Gasteiger partial charge is 0.237 e. The Bertz CT molecular complexity index is 771. The van der Waals surface area contributed by atoms with E-state index >= 15 is 0 Å². The number of carbonyl (C=O) groups is 1. The molecule has 2 heterocycles. The lowest BCUT2D eigenvalue weighted by Gasteiger charge is -2.20. The third kappa shape index (κ3) is 3.86. The number of aromatic nitrogens is 3. The number of benzene rings is 1. The van der Waals surface area contributed by atoms with Crippen molar-refractivity contribution in [1.82, 2.24) is 14.8 Å². The molecule has 0 spiro atoms. The van der Waals surface area contributed by atoms with E-state index in [1.807, 2.05) is 54.0 Å². The first-order valence-corrected chi connectivity index (χ1v) is 8.65. The summed E-state index contributed by atoms with van der Waals surface area (Å²) in [6, 6.07) is 13.4. The molecule has 0 aliphatic rings. The van der Waals surface area contributed by atoms with Crippen LogP contribution in [0.3, 0.4) is 0 Å². The third-order valence-electron chi connectivity index (χ3n) is 3.50. The number of carbonyl (C=O) groups excluding carboxylic acids is 1. The van der Waals surface area contributed by atoms with E-state index in [9.17, 15) is 4.79 Å². The number of nitrogens with zero attached hydrogens (tertiary/aromatic N) is 4. The molecule has 0 aliphatic heterocycles. The van der Waals surface area contributed by atoms with Gasteiger partial charge in [-0.2, -0.15) is 0 Å². The van der Waals surface area contributed by atoms with Crippen molar-refractivity contribution in [3.63, 3.8) is 0 Å². The van der Waals surface area contributed by atoms with Crippen LogP contribution in [0, 0.1) is 0 Å². The van der Waals surface area contributed by atoms with Gasteiger partial charge in [0.2, 0.25) is 5.91 Å². The maximum absolute atomic E-state index is 12.5. The highest BCUT2D eigenvalue weighted by molar-refractivity contribution is 7.99. The van der Waals surface area contributed by atoms with E-state index in [1.165, 1.54) is 11.8 Å². The van der Waals surface area contributed by atoms with Crippen LogP contribution in [0.2, 0.25) is 0 Å². The minimum atomic E-state index is 0.0428. The molecule has 0 saturated heterocycles. The van der Waals surface area contributed by atoms with Gasteiger partial charge in [0.05, 0.1) is 18.6 Å². The van der Waals surface area contributed by atoms with E-state index in [4.69, 9.17) is 4.42 Å². The topological polar surface area (TPSA) is 64.2 Å². The zero-order valence-electron chi connectivity index (χ0n) is 13.3. The molecule has 3 aromatic rings. The summed E-state index contributed by atoms with van der Waals surface area (Å²) in [7, 11) is 0. The van der Waals surface area contributed by atoms with Crippen molar-refractivity contribution in [2.45, 2.75) is 18.6 Å². The van der Waals surface area contributed by atoms with Crippen molar-refractivity contribution in [2.24, 2.45) is 0 Å². The maximum Gasteiger partial charge on any atom is 0.237 e. The molecule has 0 fully saturated rings. The second kappa shape index (κ2) is 7.83. The van der Waals surface area contributed by atoms with Gasteiger partial charge in [0.25, 0.3) is 0 Å². The van der Waals surface area contributed by atoms with E-state index in [0.717, 1.165) is 11.4 Å². The van der Waals surface area contributed by atoms with Crippen LogP contribution in [0.25, 0.3) is 0 Å². The van der Waals surface area contributed by atoms with Gasteiger partial charge < -0.3 is 13.9 Å². The first-order chi connectivity index (χ1) is 11.8. The Morgan fingerprint density at radius 1 is 1.25 bits per heavy atom.